The number of benzene rings is 8. The molecule has 0 saturated carbocycles. The average molecular weight is 780 g/mol. The fourth-order valence-corrected chi connectivity index (χ4v) is 10.3. The molecule has 0 spiro atoms. The van der Waals surface area contributed by atoms with Gasteiger partial charge in [-0.15, -0.1) is 0 Å². The van der Waals surface area contributed by atoms with Crippen LogP contribution in [0.25, 0.3) is 83.9 Å². The zero-order valence-corrected chi connectivity index (χ0v) is 33.6. The van der Waals surface area contributed by atoms with Crippen molar-refractivity contribution in [2.24, 2.45) is 0 Å². The van der Waals surface area contributed by atoms with Crippen molar-refractivity contribution in [2.75, 3.05) is 0 Å². The van der Waals surface area contributed by atoms with Crippen LogP contribution in [0.3, 0.4) is 0 Å². The molecule has 0 saturated heterocycles. The van der Waals surface area contributed by atoms with Crippen LogP contribution in [-0.4, -0.2) is 19.5 Å². The monoisotopic (exact) mass is 779 g/mol. The van der Waals surface area contributed by atoms with Crippen molar-refractivity contribution in [1.82, 2.24) is 19.5 Å². The molecule has 61 heavy (non-hydrogen) atoms. The molecule has 2 aliphatic rings. The van der Waals surface area contributed by atoms with E-state index in [0.29, 0.717) is 23.0 Å². The third kappa shape index (κ3) is 5.16. The molecule has 2 aliphatic carbocycles. The Kier molecular flexibility index (Phi) is 7.63. The second-order valence-electron chi connectivity index (χ2n) is 16.6. The van der Waals surface area contributed by atoms with Crippen molar-refractivity contribution in [2.45, 2.75) is 25.2 Å². The standard InChI is InChI=1S/C56H37N5/c1-56(2)44-23-13-11-21-42(44)47-49-43-22-12-14-24-45(43)61(52(49)48-41-20-10-9-19-40(41)46(50(48)51(47)56)35-15-5-3-6-16-35)39-31-29-38(30-32-39)55-59-53(36-17-7-4-8-18-36)58-54(60-55)37-27-25-34(33-57)26-28-37/h3-32,46H,1-2H3. The van der Waals surface area contributed by atoms with E-state index < -0.39 is 0 Å². The van der Waals surface area contributed by atoms with Crippen molar-refractivity contribution in [3.8, 4) is 68.2 Å². The van der Waals surface area contributed by atoms with Gasteiger partial charge in [-0.25, -0.2) is 15.0 Å². The summed E-state index contributed by atoms with van der Waals surface area (Å²) in [5.74, 6) is 1.81. The Morgan fingerprint density at radius 1 is 0.541 bits per heavy atom. The molecule has 0 fully saturated rings. The Morgan fingerprint density at radius 3 is 1.79 bits per heavy atom. The number of fused-ring (bicyclic) bond motifs is 12. The van der Waals surface area contributed by atoms with Crippen LogP contribution in [0.15, 0.2) is 182 Å². The number of hydrogen-bond donors (Lipinski definition) is 0. The van der Waals surface area contributed by atoms with Gasteiger partial charge in [-0.05, 0) is 99.1 Å². The van der Waals surface area contributed by atoms with Crippen molar-refractivity contribution >= 4 is 21.8 Å². The first-order valence-corrected chi connectivity index (χ1v) is 20.8. The predicted molar refractivity (Wildman–Crippen MR) is 246 cm³/mol. The maximum Gasteiger partial charge on any atom is 0.164 e. The topological polar surface area (TPSA) is 67.4 Å². The summed E-state index contributed by atoms with van der Waals surface area (Å²) >= 11 is 0. The lowest BCUT2D eigenvalue weighted by Gasteiger charge is -2.28. The first-order chi connectivity index (χ1) is 30.0. The number of rotatable bonds is 5. The van der Waals surface area contributed by atoms with Gasteiger partial charge in [0.1, 0.15) is 0 Å². The summed E-state index contributed by atoms with van der Waals surface area (Å²) in [5, 5.41) is 12.0. The molecule has 12 rings (SSSR count). The van der Waals surface area contributed by atoms with Gasteiger partial charge in [0, 0.05) is 50.0 Å². The minimum absolute atomic E-state index is 0.0842. The summed E-state index contributed by atoms with van der Waals surface area (Å²) in [5.41, 5.74) is 18.6. The van der Waals surface area contributed by atoms with E-state index in [1.165, 1.54) is 71.9 Å². The van der Waals surface area contributed by atoms with Crippen LogP contribution in [0.1, 0.15) is 53.1 Å². The highest BCUT2D eigenvalue weighted by atomic mass is 15.0. The molecular weight excluding hydrogens is 743 g/mol. The molecule has 1 unspecified atom stereocenters. The molecule has 0 radical (unpaired) electrons. The summed E-state index contributed by atoms with van der Waals surface area (Å²) in [6.07, 6.45) is 0. The normalized spacial score (nSPS) is 14.3. The second-order valence-corrected chi connectivity index (χ2v) is 16.6. The molecule has 0 bridgehead atoms. The van der Waals surface area contributed by atoms with Crippen LogP contribution in [0.2, 0.25) is 0 Å². The van der Waals surface area contributed by atoms with E-state index in [2.05, 4.69) is 152 Å². The van der Waals surface area contributed by atoms with Gasteiger partial charge < -0.3 is 4.57 Å². The third-order valence-corrected chi connectivity index (χ3v) is 12.9. The van der Waals surface area contributed by atoms with Gasteiger partial charge in [-0.2, -0.15) is 5.26 Å². The Labute approximate surface area is 353 Å². The fourth-order valence-electron chi connectivity index (χ4n) is 10.3. The molecule has 10 aromatic rings. The first kappa shape index (κ1) is 35.0. The zero-order valence-electron chi connectivity index (χ0n) is 33.6. The molecule has 5 nitrogen and oxygen atoms in total. The van der Waals surface area contributed by atoms with Crippen molar-refractivity contribution in [3.63, 3.8) is 0 Å². The molecule has 0 amide bonds. The molecule has 0 N–H and O–H groups in total. The molecule has 8 aromatic carbocycles. The maximum atomic E-state index is 9.45. The summed E-state index contributed by atoms with van der Waals surface area (Å²) < 4.78 is 2.50. The third-order valence-electron chi connectivity index (χ3n) is 12.9. The zero-order chi connectivity index (χ0) is 40.8. The van der Waals surface area contributed by atoms with Crippen LogP contribution in [0.4, 0.5) is 0 Å². The Balaban J connectivity index is 1.13. The molecule has 2 aromatic heterocycles. The van der Waals surface area contributed by atoms with E-state index in [4.69, 9.17) is 15.0 Å². The highest BCUT2D eigenvalue weighted by Gasteiger charge is 2.46. The SMILES string of the molecule is CC1(C)c2ccccc2-c2c1c1c(c3c2c2ccccc2n3-c2ccc(-c3nc(-c4ccccc4)nc(-c4ccc(C#N)cc4)n3)cc2)-c2ccccc2C1c1ccccc1. The summed E-state index contributed by atoms with van der Waals surface area (Å²) in [7, 11) is 0. The lowest BCUT2D eigenvalue weighted by molar-refractivity contribution is 0.651. The lowest BCUT2D eigenvalue weighted by atomic mass is 9.75. The van der Waals surface area contributed by atoms with Crippen LogP contribution in [-0.2, 0) is 5.41 Å². The van der Waals surface area contributed by atoms with E-state index in [1.54, 1.807) is 12.1 Å². The van der Waals surface area contributed by atoms with Gasteiger partial charge in [0.25, 0.3) is 0 Å². The summed E-state index contributed by atoms with van der Waals surface area (Å²) in [6.45, 7) is 4.84. The average Bonchev–Trinajstić information content (AvgIpc) is 3.93. The summed E-state index contributed by atoms with van der Waals surface area (Å²) in [6, 6.07) is 66.4. The fraction of sp³-hybridized carbons (Fsp3) is 0.0714. The molecule has 0 aliphatic heterocycles. The van der Waals surface area contributed by atoms with Crippen LogP contribution in [0.5, 0.6) is 0 Å². The lowest BCUT2D eigenvalue weighted by Crippen LogP contribution is -2.19. The quantitative estimate of drug-likeness (QED) is 0.174. The number of aromatic nitrogens is 4. The number of nitriles is 1. The van der Waals surface area contributed by atoms with Gasteiger partial charge >= 0.3 is 0 Å². The van der Waals surface area contributed by atoms with Crippen LogP contribution >= 0.6 is 0 Å². The largest absolute Gasteiger partial charge is 0.309 e. The molecular formula is C56H37N5. The minimum Gasteiger partial charge on any atom is -0.309 e. The maximum absolute atomic E-state index is 9.45. The van der Waals surface area contributed by atoms with Crippen LogP contribution < -0.4 is 0 Å². The van der Waals surface area contributed by atoms with Gasteiger partial charge in [-0.1, -0.05) is 141 Å². The highest BCUT2D eigenvalue weighted by Crippen LogP contribution is 2.62. The van der Waals surface area contributed by atoms with Crippen molar-refractivity contribution < 1.29 is 0 Å². The van der Waals surface area contributed by atoms with Gasteiger partial charge in [-0.3, -0.25) is 0 Å². The second kappa shape index (κ2) is 13.3. The van der Waals surface area contributed by atoms with E-state index in [0.717, 1.165) is 22.4 Å². The number of hydrogen-bond acceptors (Lipinski definition) is 4. The Hall–Kier alpha value is -7.94. The highest BCUT2D eigenvalue weighted by molar-refractivity contribution is 6.23. The van der Waals surface area contributed by atoms with Gasteiger partial charge in [0.2, 0.25) is 0 Å². The minimum atomic E-state index is -0.218. The molecule has 5 heteroatoms. The van der Waals surface area contributed by atoms with Gasteiger partial charge in [0.05, 0.1) is 22.7 Å². The molecule has 1 atom stereocenters. The number of nitrogens with zero attached hydrogens (tertiary/aromatic N) is 5. The van der Waals surface area contributed by atoms with Gasteiger partial charge in [0.15, 0.2) is 17.5 Å². The van der Waals surface area contributed by atoms with E-state index >= 15 is 0 Å². The molecule has 286 valence electrons. The molecule has 2 heterocycles. The predicted octanol–water partition coefficient (Wildman–Crippen LogP) is 13.3. The Bertz CT molecular complexity index is 3430. The summed E-state index contributed by atoms with van der Waals surface area (Å²) in [4.78, 5) is 15.0. The smallest absolute Gasteiger partial charge is 0.164 e. The van der Waals surface area contributed by atoms with Crippen molar-refractivity contribution in [3.05, 3.63) is 215 Å². The van der Waals surface area contributed by atoms with E-state index in [9.17, 15) is 5.26 Å². The Morgan fingerprint density at radius 2 is 1.10 bits per heavy atom. The van der Waals surface area contributed by atoms with Crippen molar-refractivity contribution in [1.29, 1.82) is 5.26 Å². The van der Waals surface area contributed by atoms with E-state index in [1.807, 2.05) is 42.5 Å². The number of para-hydroxylation sites is 1. The van der Waals surface area contributed by atoms with E-state index in [-0.39, 0.29) is 11.3 Å². The van der Waals surface area contributed by atoms with Crippen LogP contribution in [0, 0.1) is 11.3 Å². The first-order valence-electron chi connectivity index (χ1n) is 20.8.